The number of urea groups is 1. The van der Waals surface area contributed by atoms with Crippen LogP contribution in [-0.2, 0) is 0 Å². The normalized spacial score (nSPS) is 15.4. The number of fused-ring (bicyclic) bond motifs is 1. The van der Waals surface area contributed by atoms with E-state index in [1.807, 2.05) is 24.3 Å². The number of nitrogens with zero attached hydrogens (tertiary/aromatic N) is 1. The molecule has 1 aliphatic heterocycles. The molecule has 0 unspecified atom stereocenters. The number of hydrogen-bond acceptors (Lipinski definition) is 2. The van der Waals surface area contributed by atoms with Crippen LogP contribution in [-0.4, -0.2) is 17.4 Å². The van der Waals surface area contributed by atoms with Gasteiger partial charge in [-0.1, -0.05) is 12.1 Å². The lowest BCUT2D eigenvalue weighted by Crippen LogP contribution is -2.29. The second-order valence-electron chi connectivity index (χ2n) is 2.52. The smallest absolute Gasteiger partial charge is 0.306 e. The Morgan fingerprint density at radius 3 is 3.00 bits per heavy atom. The summed E-state index contributed by atoms with van der Waals surface area (Å²) in [5, 5.41) is 2.78. The second-order valence-corrected chi connectivity index (χ2v) is 3.69. The van der Waals surface area contributed by atoms with Gasteiger partial charge in [0.1, 0.15) is 0 Å². The Hall–Kier alpha value is -1.16. The van der Waals surface area contributed by atoms with Crippen molar-refractivity contribution in [3.8, 4) is 0 Å². The largest absolute Gasteiger partial charge is 0.331 e. The number of rotatable bonds is 0. The lowest BCUT2D eigenvalue weighted by molar-refractivity contribution is 0.242. The highest BCUT2D eigenvalue weighted by Crippen LogP contribution is 2.33. The number of anilines is 1. The molecule has 0 aromatic heterocycles. The monoisotopic (exact) mass is 180 g/mol. The third kappa shape index (κ3) is 1.14. The van der Waals surface area contributed by atoms with E-state index in [-0.39, 0.29) is 6.03 Å². The van der Waals surface area contributed by atoms with E-state index < -0.39 is 0 Å². The van der Waals surface area contributed by atoms with Crippen LogP contribution in [0.5, 0.6) is 0 Å². The van der Waals surface area contributed by atoms with Gasteiger partial charge in [0.2, 0.25) is 0 Å². The summed E-state index contributed by atoms with van der Waals surface area (Å²) in [5.41, 5.74) is 0.894. The molecule has 0 radical (unpaired) electrons. The fourth-order valence-corrected chi connectivity index (χ4v) is 1.81. The standard InChI is InChI=1S/C8H8N2OS/c1-10-8(11)9-6-4-2-3-5-7(6)12-10/h2-5H,1H3,(H,9,11). The van der Waals surface area contributed by atoms with E-state index in [1.54, 1.807) is 11.4 Å². The van der Waals surface area contributed by atoms with Gasteiger partial charge in [-0.05, 0) is 24.1 Å². The second kappa shape index (κ2) is 2.71. The molecule has 0 bridgehead atoms. The van der Waals surface area contributed by atoms with Gasteiger partial charge in [0, 0.05) is 7.05 Å². The van der Waals surface area contributed by atoms with Crippen LogP contribution < -0.4 is 5.32 Å². The average molecular weight is 180 g/mol. The number of benzene rings is 1. The predicted molar refractivity (Wildman–Crippen MR) is 49.1 cm³/mol. The van der Waals surface area contributed by atoms with Gasteiger partial charge in [-0.2, -0.15) is 0 Å². The molecule has 0 saturated heterocycles. The molecular weight excluding hydrogens is 172 g/mol. The fourth-order valence-electron chi connectivity index (χ4n) is 1.03. The van der Waals surface area contributed by atoms with Crippen LogP contribution in [0.1, 0.15) is 0 Å². The van der Waals surface area contributed by atoms with Crippen LogP contribution in [0.2, 0.25) is 0 Å². The molecule has 2 amide bonds. The van der Waals surface area contributed by atoms with E-state index in [4.69, 9.17) is 0 Å². The van der Waals surface area contributed by atoms with Crippen molar-refractivity contribution in [1.82, 2.24) is 4.31 Å². The Morgan fingerprint density at radius 1 is 1.42 bits per heavy atom. The highest BCUT2D eigenvalue weighted by molar-refractivity contribution is 7.97. The molecule has 0 saturated carbocycles. The van der Waals surface area contributed by atoms with E-state index in [2.05, 4.69) is 5.32 Å². The van der Waals surface area contributed by atoms with Crippen molar-refractivity contribution in [1.29, 1.82) is 0 Å². The van der Waals surface area contributed by atoms with Gasteiger partial charge in [-0.25, -0.2) is 4.79 Å². The quantitative estimate of drug-likeness (QED) is 0.620. The van der Waals surface area contributed by atoms with E-state index in [0.717, 1.165) is 10.6 Å². The summed E-state index contributed by atoms with van der Waals surface area (Å²) in [7, 11) is 1.75. The summed E-state index contributed by atoms with van der Waals surface area (Å²) in [6.45, 7) is 0. The van der Waals surface area contributed by atoms with Crippen molar-refractivity contribution in [2.75, 3.05) is 12.4 Å². The van der Waals surface area contributed by atoms with E-state index in [9.17, 15) is 4.79 Å². The Balaban J connectivity index is 2.40. The van der Waals surface area contributed by atoms with Crippen LogP contribution in [0.4, 0.5) is 10.5 Å². The number of amides is 2. The molecule has 1 aliphatic rings. The molecule has 62 valence electrons. The summed E-state index contributed by atoms with van der Waals surface area (Å²) in [4.78, 5) is 12.2. The van der Waals surface area contributed by atoms with Crippen molar-refractivity contribution < 1.29 is 4.79 Å². The lowest BCUT2D eigenvalue weighted by atomic mass is 10.3. The zero-order valence-corrected chi connectivity index (χ0v) is 7.39. The molecule has 4 heteroatoms. The summed E-state index contributed by atoms with van der Waals surface area (Å²) < 4.78 is 1.57. The van der Waals surface area contributed by atoms with Crippen LogP contribution in [0.25, 0.3) is 0 Å². The number of nitrogens with one attached hydrogen (secondary N) is 1. The first kappa shape index (κ1) is 7.49. The molecule has 1 N–H and O–H groups in total. The number of carbonyl (C=O) groups is 1. The lowest BCUT2D eigenvalue weighted by Gasteiger charge is -2.23. The van der Waals surface area contributed by atoms with Gasteiger partial charge in [0.05, 0.1) is 10.6 Å². The summed E-state index contributed by atoms with van der Waals surface area (Å²) >= 11 is 1.44. The maximum atomic E-state index is 11.2. The molecule has 0 atom stereocenters. The van der Waals surface area contributed by atoms with Crippen molar-refractivity contribution in [3.05, 3.63) is 24.3 Å². The minimum absolute atomic E-state index is 0.0706. The predicted octanol–water partition coefficient (Wildman–Crippen LogP) is 2.17. The molecule has 1 aromatic carbocycles. The highest BCUT2D eigenvalue weighted by Gasteiger charge is 2.18. The van der Waals surface area contributed by atoms with Crippen LogP contribution in [0, 0.1) is 0 Å². The van der Waals surface area contributed by atoms with Gasteiger partial charge in [0.15, 0.2) is 0 Å². The van der Waals surface area contributed by atoms with Crippen LogP contribution in [0.3, 0.4) is 0 Å². The van der Waals surface area contributed by atoms with Gasteiger partial charge < -0.3 is 5.32 Å². The maximum absolute atomic E-state index is 11.2. The minimum Gasteiger partial charge on any atom is -0.306 e. The van der Waals surface area contributed by atoms with Crippen molar-refractivity contribution in [2.45, 2.75) is 4.90 Å². The zero-order chi connectivity index (χ0) is 8.55. The number of para-hydroxylation sites is 1. The molecule has 12 heavy (non-hydrogen) atoms. The molecule has 1 aromatic rings. The molecular formula is C8H8N2OS. The summed E-state index contributed by atoms with van der Waals surface area (Å²) in [6, 6.07) is 7.67. The summed E-state index contributed by atoms with van der Waals surface area (Å²) in [6.07, 6.45) is 0. The van der Waals surface area contributed by atoms with Gasteiger partial charge in [0.25, 0.3) is 0 Å². The first-order valence-electron chi connectivity index (χ1n) is 3.59. The minimum atomic E-state index is -0.0706. The van der Waals surface area contributed by atoms with E-state index in [1.165, 1.54) is 11.9 Å². The molecule has 0 spiro atoms. The Morgan fingerprint density at radius 2 is 2.17 bits per heavy atom. The maximum Gasteiger partial charge on any atom is 0.331 e. The zero-order valence-electron chi connectivity index (χ0n) is 6.57. The van der Waals surface area contributed by atoms with Gasteiger partial charge >= 0.3 is 6.03 Å². The third-order valence-electron chi connectivity index (χ3n) is 1.65. The van der Waals surface area contributed by atoms with E-state index in [0.29, 0.717) is 0 Å². The fraction of sp³-hybridized carbons (Fsp3) is 0.125. The van der Waals surface area contributed by atoms with Crippen LogP contribution in [0.15, 0.2) is 29.2 Å². The van der Waals surface area contributed by atoms with Crippen molar-refractivity contribution in [3.63, 3.8) is 0 Å². The Kier molecular flexibility index (Phi) is 1.69. The highest BCUT2D eigenvalue weighted by atomic mass is 32.2. The van der Waals surface area contributed by atoms with Crippen LogP contribution >= 0.6 is 11.9 Å². The summed E-state index contributed by atoms with van der Waals surface area (Å²) in [5.74, 6) is 0. The van der Waals surface area contributed by atoms with Crippen molar-refractivity contribution >= 4 is 23.7 Å². The van der Waals surface area contributed by atoms with E-state index >= 15 is 0 Å². The average Bonchev–Trinajstić information content (AvgIpc) is 2.07. The molecule has 0 fully saturated rings. The first-order chi connectivity index (χ1) is 5.77. The topological polar surface area (TPSA) is 32.3 Å². The molecule has 3 nitrogen and oxygen atoms in total. The number of hydrogen-bond donors (Lipinski definition) is 1. The molecule has 2 rings (SSSR count). The number of carbonyl (C=O) groups excluding carboxylic acids is 1. The Bertz CT molecular complexity index is 327. The SMILES string of the molecule is CN1Sc2ccccc2NC1=O. The van der Waals surface area contributed by atoms with Gasteiger partial charge in [-0.3, -0.25) is 4.31 Å². The molecule has 1 heterocycles. The van der Waals surface area contributed by atoms with Gasteiger partial charge in [-0.15, -0.1) is 0 Å². The third-order valence-corrected chi connectivity index (χ3v) is 2.64. The Labute approximate surface area is 74.9 Å². The first-order valence-corrected chi connectivity index (χ1v) is 4.36. The molecule has 0 aliphatic carbocycles. The van der Waals surface area contributed by atoms with Crippen molar-refractivity contribution in [2.24, 2.45) is 0 Å².